The van der Waals surface area contributed by atoms with Gasteiger partial charge in [-0.3, -0.25) is 14.5 Å². The Morgan fingerprint density at radius 1 is 1.15 bits per heavy atom. The van der Waals surface area contributed by atoms with Gasteiger partial charge in [-0.25, -0.2) is 4.79 Å². The lowest BCUT2D eigenvalue weighted by molar-refractivity contribution is -0.144. The summed E-state index contributed by atoms with van der Waals surface area (Å²) < 4.78 is 6.42. The first kappa shape index (κ1) is 17.0. The summed E-state index contributed by atoms with van der Waals surface area (Å²) in [7, 11) is 0. The highest BCUT2D eigenvalue weighted by atomic mass is 127. The van der Waals surface area contributed by atoms with Crippen LogP contribution in [0.4, 0.5) is 5.69 Å². The zero-order chi connectivity index (χ0) is 18.3. The topological polar surface area (TPSA) is 75.7 Å². The number of nitrogens with one attached hydrogen (secondary N) is 1. The van der Waals surface area contributed by atoms with E-state index in [1.165, 1.54) is 4.90 Å². The second-order valence-corrected chi connectivity index (χ2v) is 7.45. The maximum absolute atomic E-state index is 12.8. The van der Waals surface area contributed by atoms with Crippen molar-refractivity contribution in [3.63, 3.8) is 0 Å². The lowest BCUT2D eigenvalue weighted by Crippen LogP contribution is -2.43. The van der Waals surface area contributed by atoms with Crippen LogP contribution in [0.3, 0.4) is 0 Å². The van der Waals surface area contributed by atoms with E-state index in [-0.39, 0.29) is 18.2 Å². The zero-order valence-corrected chi connectivity index (χ0v) is 15.8. The summed E-state index contributed by atoms with van der Waals surface area (Å²) in [6, 6.07) is 13.7. The summed E-state index contributed by atoms with van der Waals surface area (Å²) in [4.78, 5) is 38.7. The Labute approximate surface area is 163 Å². The van der Waals surface area contributed by atoms with Gasteiger partial charge in [0.05, 0.1) is 5.56 Å². The number of esters is 1. The molecular formula is C19H15IN2O4. The predicted molar refractivity (Wildman–Crippen MR) is 102 cm³/mol. The van der Waals surface area contributed by atoms with Crippen LogP contribution in [0.25, 0.3) is 0 Å². The first-order valence-electron chi connectivity index (χ1n) is 8.22. The molecule has 2 aromatic rings. The smallest absolute Gasteiger partial charge is 0.340 e. The summed E-state index contributed by atoms with van der Waals surface area (Å²) in [6.45, 7) is 0. The molecule has 2 aromatic carbocycles. The molecule has 7 heteroatoms. The highest BCUT2D eigenvalue weighted by Crippen LogP contribution is 2.38. The van der Waals surface area contributed by atoms with E-state index in [1.54, 1.807) is 30.3 Å². The minimum Gasteiger partial charge on any atom is -0.433 e. The van der Waals surface area contributed by atoms with Gasteiger partial charge < -0.3 is 10.1 Å². The summed E-state index contributed by atoms with van der Waals surface area (Å²) in [5, 5.41) is 2.86. The molecule has 0 aliphatic carbocycles. The third-order valence-corrected chi connectivity index (χ3v) is 5.24. The van der Waals surface area contributed by atoms with Crippen molar-refractivity contribution in [2.24, 2.45) is 0 Å². The largest absolute Gasteiger partial charge is 0.433 e. The van der Waals surface area contributed by atoms with E-state index in [4.69, 9.17) is 4.74 Å². The molecule has 26 heavy (non-hydrogen) atoms. The van der Waals surface area contributed by atoms with E-state index < -0.39 is 18.2 Å². The van der Waals surface area contributed by atoms with Gasteiger partial charge in [0, 0.05) is 21.2 Å². The van der Waals surface area contributed by atoms with Crippen molar-refractivity contribution < 1.29 is 19.1 Å². The van der Waals surface area contributed by atoms with Gasteiger partial charge in [-0.15, -0.1) is 0 Å². The van der Waals surface area contributed by atoms with Gasteiger partial charge in [0.2, 0.25) is 18.0 Å². The molecule has 0 aromatic heterocycles. The molecule has 6 nitrogen and oxygen atoms in total. The maximum atomic E-state index is 12.8. The van der Waals surface area contributed by atoms with Gasteiger partial charge in [0.25, 0.3) is 0 Å². The lowest BCUT2D eigenvalue weighted by Gasteiger charge is -2.29. The zero-order valence-electron chi connectivity index (χ0n) is 13.6. The fraction of sp³-hybridized carbons (Fsp3) is 0.211. The Bertz CT molecular complexity index is 914. The second-order valence-electron chi connectivity index (χ2n) is 6.20. The minimum absolute atomic E-state index is 0.192. The quantitative estimate of drug-likeness (QED) is 0.562. The molecule has 2 aliphatic heterocycles. The van der Waals surface area contributed by atoms with Crippen LogP contribution in [0.5, 0.6) is 0 Å². The Hall–Kier alpha value is -2.42. The van der Waals surface area contributed by atoms with Crippen LogP contribution in [0, 0.1) is 3.57 Å². The number of cyclic esters (lactones) is 1. The van der Waals surface area contributed by atoms with Crippen LogP contribution < -0.4 is 5.32 Å². The van der Waals surface area contributed by atoms with E-state index in [2.05, 4.69) is 27.9 Å². The first-order valence-corrected chi connectivity index (χ1v) is 9.30. The Morgan fingerprint density at radius 2 is 1.96 bits per heavy atom. The summed E-state index contributed by atoms with van der Waals surface area (Å²) in [5.41, 5.74) is 1.73. The van der Waals surface area contributed by atoms with Crippen molar-refractivity contribution in [1.82, 2.24) is 4.90 Å². The molecule has 132 valence electrons. The molecular weight excluding hydrogens is 447 g/mol. The normalized spacial score (nSPS) is 21.5. The van der Waals surface area contributed by atoms with Gasteiger partial charge in [0.1, 0.15) is 6.04 Å². The summed E-state index contributed by atoms with van der Waals surface area (Å²) in [6.07, 6.45) is -0.203. The minimum atomic E-state index is -0.847. The number of anilines is 1. The van der Waals surface area contributed by atoms with Gasteiger partial charge in [-0.1, -0.05) is 24.3 Å². The van der Waals surface area contributed by atoms with Crippen molar-refractivity contribution in [2.45, 2.75) is 25.1 Å². The van der Waals surface area contributed by atoms with Gasteiger partial charge >= 0.3 is 5.97 Å². The SMILES string of the molecule is O=C1O[C@H](N2C(=O)CC[C@@H]2C(=O)Nc2cccc(I)c2)c2ccccc21. The number of rotatable bonds is 3. The fourth-order valence-electron chi connectivity index (χ4n) is 3.38. The first-order chi connectivity index (χ1) is 12.5. The number of carbonyl (C=O) groups excluding carboxylic acids is 3. The van der Waals surface area contributed by atoms with Crippen LogP contribution in [-0.2, 0) is 14.3 Å². The average molecular weight is 462 g/mol. The van der Waals surface area contributed by atoms with Gasteiger partial charge in [-0.05, 0) is 53.3 Å². The molecule has 0 unspecified atom stereocenters. The number of hydrogen-bond donors (Lipinski definition) is 1. The molecule has 0 radical (unpaired) electrons. The third kappa shape index (κ3) is 2.96. The fourth-order valence-corrected chi connectivity index (χ4v) is 3.92. The molecule has 0 spiro atoms. The number of halogens is 1. The van der Waals surface area contributed by atoms with E-state index in [9.17, 15) is 14.4 Å². The lowest BCUT2D eigenvalue weighted by atomic mass is 10.1. The number of ether oxygens (including phenoxy) is 1. The molecule has 1 saturated heterocycles. The van der Waals surface area contributed by atoms with E-state index in [1.807, 2.05) is 18.2 Å². The average Bonchev–Trinajstić information content (AvgIpc) is 3.15. The van der Waals surface area contributed by atoms with Crippen molar-refractivity contribution >= 4 is 46.1 Å². The summed E-state index contributed by atoms with van der Waals surface area (Å²) in [5.74, 6) is -0.942. The summed E-state index contributed by atoms with van der Waals surface area (Å²) >= 11 is 2.17. The number of nitrogens with zero attached hydrogens (tertiary/aromatic N) is 1. The van der Waals surface area contributed by atoms with E-state index in [0.717, 1.165) is 3.57 Å². The number of likely N-dealkylation sites (tertiary alicyclic amines) is 1. The maximum Gasteiger partial charge on any atom is 0.340 e. The van der Waals surface area contributed by atoms with Crippen LogP contribution in [0.1, 0.15) is 35.0 Å². The predicted octanol–water partition coefficient (Wildman–Crippen LogP) is 3.09. The van der Waals surface area contributed by atoms with Crippen molar-refractivity contribution in [3.8, 4) is 0 Å². The number of hydrogen-bond acceptors (Lipinski definition) is 4. The third-order valence-electron chi connectivity index (χ3n) is 4.57. The second kappa shape index (κ2) is 6.71. The van der Waals surface area contributed by atoms with Crippen molar-refractivity contribution in [2.75, 3.05) is 5.32 Å². The highest BCUT2D eigenvalue weighted by molar-refractivity contribution is 14.1. The molecule has 1 fully saturated rings. The Balaban J connectivity index is 1.60. The molecule has 2 atom stereocenters. The molecule has 1 N–H and O–H groups in total. The standard InChI is InChI=1S/C19H15IN2O4/c20-11-4-3-5-12(10-11)21-17(24)15-8-9-16(23)22(15)18-13-6-1-2-7-14(13)19(25)26-18/h1-7,10,15,18H,8-9H2,(H,21,24)/t15-,18+/m1/s1. The van der Waals surface area contributed by atoms with E-state index >= 15 is 0 Å². The van der Waals surface area contributed by atoms with Gasteiger partial charge in [-0.2, -0.15) is 0 Å². The van der Waals surface area contributed by atoms with Crippen LogP contribution >= 0.6 is 22.6 Å². The Morgan fingerprint density at radius 3 is 2.77 bits per heavy atom. The molecule has 2 aliphatic rings. The van der Waals surface area contributed by atoms with Crippen LogP contribution in [0.2, 0.25) is 0 Å². The number of amides is 2. The molecule has 4 rings (SSSR count). The Kier molecular flexibility index (Phi) is 4.39. The molecule has 2 heterocycles. The van der Waals surface area contributed by atoms with Crippen molar-refractivity contribution in [3.05, 3.63) is 63.2 Å². The number of benzene rings is 2. The molecule has 0 bridgehead atoms. The van der Waals surface area contributed by atoms with E-state index in [0.29, 0.717) is 23.2 Å². The highest BCUT2D eigenvalue weighted by Gasteiger charge is 2.46. The number of fused-ring (bicyclic) bond motifs is 1. The van der Waals surface area contributed by atoms with Crippen LogP contribution in [0.15, 0.2) is 48.5 Å². The molecule has 0 saturated carbocycles. The number of carbonyl (C=O) groups is 3. The molecule has 2 amide bonds. The van der Waals surface area contributed by atoms with Crippen LogP contribution in [-0.4, -0.2) is 28.7 Å². The van der Waals surface area contributed by atoms with Crippen molar-refractivity contribution in [1.29, 1.82) is 0 Å². The van der Waals surface area contributed by atoms with Gasteiger partial charge in [0.15, 0.2) is 0 Å². The monoisotopic (exact) mass is 462 g/mol.